The van der Waals surface area contributed by atoms with Gasteiger partial charge in [0.25, 0.3) is 0 Å². The molecular formula is C16H12O2. The number of hydrogen-bond acceptors (Lipinski definition) is 2. The summed E-state index contributed by atoms with van der Waals surface area (Å²) in [6, 6.07) is 13.8. The molecule has 0 amide bonds. The Hall–Kier alpha value is -2.66. The molecule has 0 aliphatic heterocycles. The maximum Gasteiger partial charge on any atom is 0.119 e. The molecule has 2 aromatic carbocycles. The molecule has 0 heterocycles. The molecule has 2 nitrogen and oxygen atoms in total. The summed E-state index contributed by atoms with van der Waals surface area (Å²) in [7, 11) is 0. The van der Waals surface area contributed by atoms with Crippen LogP contribution in [0.5, 0.6) is 11.5 Å². The Labute approximate surface area is 106 Å². The van der Waals surface area contributed by atoms with Crippen molar-refractivity contribution in [3.05, 3.63) is 66.2 Å². The maximum absolute atomic E-state index is 9.38. The zero-order chi connectivity index (χ0) is 13.0. The number of allylic oxidation sites excluding steroid dienone is 1. The van der Waals surface area contributed by atoms with Crippen LogP contribution in [0.4, 0.5) is 0 Å². The van der Waals surface area contributed by atoms with Gasteiger partial charge in [-0.2, -0.15) is 0 Å². The smallest absolute Gasteiger partial charge is 0.119 e. The van der Waals surface area contributed by atoms with Gasteiger partial charge in [-0.05, 0) is 29.8 Å². The second kappa shape index (κ2) is 5.11. The molecule has 2 rings (SSSR count). The quantitative estimate of drug-likeness (QED) is 0.747. The van der Waals surface area contributed by atoms with E-state index in [-0.39, 0.29) is 11.5 Å². The minimum Gasteiger partial charge on any atom is -0.508 e. The van der Waals surface area contributed by atoms with Crippen molar-refractivity contribution in [3.63, 3.8) is 0 Å². The Balaban J connectivity index is 2.25. The van der Waals surface area contributed by atoms with Crippen molar-refractivity contribution in [1.29, 1.82) is 0 Å². The Morgan fingerprint density at radius 3 is 2.17 bits per heavy atom. The zero-order valence-electron chi connectivity index (χ0n) is 9.72. The molecule has 88 valence electrons. The van der Waals surface area contributed by atoms with Crippen molar-refractivity contribution in [2.75, 3.05) is 0 Å². The van der Waals surface area contributed by atoms with Gasteiger partial charge in [-0.25, -0.2) is 0 Å². The molecule has 0 radical (unpaired) electrons. The van der Waals surface area contributed by atoms with Crippen LogP contribution < -0.4 is 0 Å². The third-order valence-electron chi connectivity index (χ3n) is 2.38. The molecule has 0 saturated carbocycles. The third-order valence-corrected chi connectivity index (χ3v) is 2.38. The Morgan fingerprint density at radius 1 is 0.944 bits per heavy atom. The van der Waals surface area contributed by atoms with Crippen LogP contribution in [0.3, 0.4) is 0 Å². The van der Waals surface area contributed by atoms with Crippen molar-refractivity contribution in [3.8, 4) is 23.3 Å². The normalized spacial score (nSPS) is 9.33. The van der Waals surface area contributed by atoms with Gasteiger partial charge in [-0.1, -0.05) is 36.6 Å². The lowest BCUT2D eigenvalue weighted by Gasteiger charge is -2.01. The van der Waals surface area contributed by atoms with E-state index < -0.39 is 0 Å². The van der Waals surface area contributed by atoms with Gasteiger partial charge in [-0.3, -0.25) is 0 Å². The third kappa shape index (κ3) is 2.93. The van der Waals surface area contributed by atoms with E-state index in [0.717, 1.165) is 5.56 Å². The summed E-state index contributed by atoms with van der Waals surface area (Å²) in [5.41, 5.74) is 2.05. The maximum atomic E-state index is 9.38. The van der Waals surface area contributed by atoms with E-state index in [2.05, 4.69) is 18.4 Å². The average molecular weight is 236 g/mol. The first kappa shape index (κ1) is 11.8. The SMILES string of the molecule is C=C(C#Cc1ccccc1)c1cc(O)cc(O)c1. The lowest BCUT2D eigenvalue weighted by atomic mass is 10.1. The van der Waals surface area contributed by atoms with E-state index in [9.17, 15) is 10.2 Å². The zero-order valence-corrected chi connectivity index (χ0v) is 9.72. The summed E-state index contributed by atoms with van der Waals surface area (Å²) >= 11 is 0. The largest absolute Gasteiger partial charge is 0.508 e. The second-order valence-corrected chi connectivity index (χ2v) is 3.83. The summed E-state index contributed by atoms with van der Waals surface area (Å²) < 4.78 is 0. The molecule has 0 fully saturated rings. The first-order valence-electron chi connectivity index (χ1n) is 5.44. The van der Waals surface area contributed by atoms with Crippen molar-refractivity contribution < 1.29 is 10.2 Å². The standard InChI is InChI=1S/C16H12O2/c1-12(7-8-13-5-3-2-4-6-13)14-9-15(17)11-16(18)10-14/h2-6,9-11,17-18H,1H2. The summed E-state index contributed by atoms with van der Waals surface area (Å²) in [4.78, 5) is 0. The van der Waals surface area contributed by atoms with Crippen LogP contribution in [-0.2, 0) is 0 Å². The molecule has 0 aromatic heterocycles. The summed E-state index contributed by atoms with van der Waals surface area (Å²) in [5, 5.41) is 18.8. The predicted octanol–water partition coefficient (Wildman–Crippen LogP) is 3.16. The van der Waals surface area contributed by atoms with Gasteiger partial charge in [0.05, 0.1) is 0 Å². The molecule has 0 bridgehead atoms. The second-order valence-electron chi connectivity index (χ2n) is 3.83. The highest BCUT2D eigenvalue weighted by atomic mass is 16.3. The monoisotopic (exact) mass is 236 g/mol. The van der Waals surface area contributed by atoms with E-state index in [1.807, 2.05) is 30.3 Å². The fourth-order valence-corrected chi connectivity index (χ4v) is 1.51. The topological polar surface area (TPSA) is 40.5 Å². The number of benzene rings is 2. The van der Waals surface area contributed by atoms with Crippen LogP contribution in [0.2, 0.25) is 0 Å². The predicted molar refractivity (Wildman–Crippen MR) is 72.1 cm³/mol. The van der Waals surface area contributed by atoms with Gasteiger partial charge in [0.2, 0.25) is 0 Å². The lowest BCUT2D eigenvalue weighted by Crippen LogP contribution is -1.80. The number of phenolic OH excluding ortho intramolecular Hbond substituents is 2. The van der Waals surface area contributed by atoms with E-state index in [1.165, 1.54) is 18.2 Å². The molecule has 18 heavy (non-hydrogen) atoms. The van der Waals surface area contributed by atoms with Crippen molar-refractivity contribution >= 4 is 5.57 Å². The molecule has 0 aliphatic carbocycles. The first-order chi connectivity index (χ1) is 8.65. The van der Waals surface area contributed by atoms with Gasteiger partial charge in [0.1, 0.15) is 11.5 Å². The highest BCUT2D eigenvalue weighted by molar-refractivity contribution is 5.79. The van der Waals surface area contributed by atoms with Crippen LogP contribution >= 0.6 is 0 Å². The molecule has 2 aromatic rings. The van der Waals surface area contributed by atoms with Gasteiger partial charge in [0.15, 0.2) is 0 Å². The Kier molecular flexibility index (Phi) is 3.36. The van der Waals surface area contributed by atoms with Crippen LogP contribution in [0, 0.1) is 11.8 Å². The fraction of sp³-hybridized carbons (Fsp3) is 0. The fourth-order valence-electron chi connectivity index (χ4n) is 1.51. The van der Waals surface area contributed by atoms with E-state index >= 15 is 0 Å². The number of phenols is 2. The molecule has 0 saturated heterocycles. The minimum absolute atomic E-state index is 0.00680. The minimum atomic E-state index is -0.00680. The molecule has 0 aliphatic rings. The van der Waals surface area contributed by atoms with Gasteiger partial charge in [0, 0.05) is 17.2 Å². The lowest BCUT2D eigenvalue weighted by molar-refractivity contribution is 0.450. The number of rotatable bonds is 1. The van der Waals surface area contributed by atoms with Gasteiger partial charge in [-0.15, -0.1) is 0 Å². The highest BCUT2D eigenvalue weighted by Gasteiger charge is 2.00. The average Bonchev–Trinajstić information content (AvgIpc) is 2.36. The molecular weight excluding hydrogens is 224 g/mol. The van der Waals surface area contributed by atoms with Gasteiger partial charge >= 0.3 is 0 Å². The van der Waals surface area contributed by atoms with Crippen LogP contribution in [0.1, 0.15) is 11.1 Å². The molecule has 0 unspecified atom stereocenters. The van der Waals surface area contributed by atoms with Crippen LogP contribution in [-0.4, -0.2) is 10.2 Å². The summed E-state index contributed by atoms with van der Waals surface area (Å²) in [5.74, 6) is 5.86. The van der Waals surface area contributed by atoms with Crippen molar-refractivity contribution in [2.45, 2.75) is 0 Å². The Morgan fingerprint density at radius 2 is 1.56 bits per heavy atom. The van der Waals surface area contributed by atoms with Crippen LogP contribution in [0.25, 0.3) is 5.57 Å². The summed E-state index contributed by atoms with van der Waals surface area (Å²) in [6.07, 6.45) is 0. The van der Waals surface area contributed by atoms with Gasteiger partial charge < -0.3 is 10.2 Å². The molecule has 2 N–H and O–H groups in total. The van der Waals surface area contributed by atoms with Crippen LogP contribution in [0.15, 0.2) is 55.1 Å². The number of hydrogen-bond donors (Lipinski definition) is 2. The Bertz CT molecular complexity index is 611. The van der Waals surface area contributed by atoms with Crippen molar-refractivity contribution in [2.24, 2.45) is 0 Å². The van der Waals surface area contributed by atoms with E-state index in [1.54, 1.807) is 0 Å². The first-order valence-corrected chi connectivity index (χ1v) is 5.44. The van der Waals surface area contributed by atoms with Crippen molar-refractivity contribution in [1.82, 2.24) is 0 Å². The molecule has 2 heteroatoms. The molecule has 0 atom stereocenters. The highest BCUT2D eigenvalue weighted by Crippen LogP contribution is 2.24. The van der Waals surface area contributed by atoms with E-state index in [4.69, 9.17) is 0 Å². The molecule has 0 spiro atoms. The number of aromatic hydroxyl groups is 2. The van der Waals surface area contributed by atoms with E-state index in [0.29, 0.717) is 11.1 Å². The summed E-state index contributed by atoms with van der Waals surface area (Å²) in [6.45, 7) is 3.83.